The first kappa shape index (κ1) is 30.8. The minimum Gasteiger partial charge on any atom is -0.385 e. The molecule has 1 heterocycles. The van der Waals surface area contributed by atoms with Gasteiger partial charge in [0.05, 0.1) is 18.0 Å². The summed E-state index contributed by atoms with van der Waals surface area (Å²) in [5.74, 6) is 0.863. The predicted molar refractivity (Wildman–Crippen MR) is 163 cm³/mol. The molecule has 1 aromatic rings. The van der Waals surface area contributed by atoms with E-state index in [1.165, 1.54) is 0 Å². The number of nitrogens with one attached hydrogen (secondary N) is 2. The maximum atomic E-state index is 13.4. The molecule has 0 radical (unpaired) electrons. The number of nitrogens with two attached hydrogens (primary N) is 1. The summed E-state index contributed by atoms with van der Waals surface area (Å²) < 4.78 is 0. The Morgan fingerprint density at radius 1 is 1.40 bits per heavy atom. The van der Waals surface area contributed by atoms with Crippen LogP contribution in [0, 0.1) is 28.7 Å². The summed E-state index contributed by atoms with van der Waals surface area (Å²) in [4.78, 5) is 29.6. The summed E-state index contributed by atoms with van der Waals surface area (Å²) in [5, 5.41) is 20.5. The summed E-state index contributed by atoms with van der Waals surface area (Å²) >= 11 is 0. The molecule has 1 saturated heterocycles. The molecule has 6 atom stereocenters. The molecule has 3 aliphatic rings. The number of piperidine rings is 1. The van der Waals surface area contributed by atoms with Crippen molar-refractivity contribution in [3.05, 3.63) is 71.3 Å². The Morgan fingerprint density at radius 2 is 2.17 bits per heavy atom. The fourth-order valence-corrected chi connectivity index (χ4v) is 6.88. The van der Waals surface area contributed by atoms with Crippen LogP contribution in [0.5, 0.6) is 0 Å². The fraction of sp³-hybridized carbons (Fsp3) is 0.500. The van der Waals surface area contributed by atoms with Gasteiger partial charge in [-0.3, -0.25) is 9.59 Å². The molecular formula is C32H42N8O2. The van der Waals surface area contributed by atoms with Crippen molar-refractivity contribution in [2.24, 2.45) is 27.9 Å². The van der Waals surface area contributed by atoms with Gasteiger partial charge in [-0.25, -0.2) is 0 Å². The van der Waals surface area contributed by atoms with Gasteiger partial charge in [0.15, 0.2) is 0 Å². The first-order valence-electron chi connectivity index (χ1n) is 14.6. The second kappa shape index (κ2) is 12.8. The van der Waals surface area contributed by atoms with Crippen LogP contribution in [0.25, 0.3) is 0 Å². The number of carbonyl (C=O) groups excluding carboxylic acids is 2. The van der Waals surface area contributed by atoms with Crippen LogP contribution < -0.4 is 11.1 Å². The topological polar surface area (TPSA) is 151 Å². The molecule has 0 spiro atoms. The Labute approximate surface area is 248 Å². The molecule has 2 aliphatic carbocycles. The molecule has 2 fully saturated rings. The summed E-state index contributed by atoms with van der Waals surface area (Å²) in [5.41, 5.74) is 16.6. The van der Waals surface area contributed by atoms with Crippen LogP contribution in [0.15, 0.2) is 65.0 Å². The van der Waals surface area contributed by atoms with E-state index >= 15 is 0 Å². The van der Waals surface area contributed by atoms with E-state index in [0.29, 0.717) is 43.1 Å². The Balaban J connectivity index is 1.73. The highest BCUT2D eigenvalue weighted by Gasteiger charge is 2.60. The summed E-state index contributed by atoms with van der Waals surface area (Å²) in [7, 11) is 3.45. The zero-order valence-electron chi connectivity index (χ0n) is 25.0. The average molecular weight is 571 g/mol. The van der Waals surface area contributed by atoms with Crippen molar-refractivity contribution < 1.29 is 9.59 Å². The molecule has 5 unspecified atom stereocenters. The summed E-state index contributed by atoms with van der Waals surface area (Å²) in [6.45, 7) is 8.13. The molecule has 1 aliphatic heterocycles. The lowest BCUT2D eigenvalue weighted by atomic mass is 9.67. The number of fused-ring (bicyclic) bond motifs is 2. The Hall–Kier alpha value is -4.10. The Bertz CT molecular complexity index is 1370. The number of nitrogens with zero attached hydrogens (tertiary/aromatic N) is 5. The summed E-state index contributed by atoms with van der Waals surface area (Å²) in [6, 6.07) is 7.59. The van der Waals surface area contributed by atoms with Gasteiger partial charge < -0.3 is 20.9 Å². The number of likely N-dealkylation sites (tertiary alicyclic amines) is 1. The molecule has 0 bridgehead atoms. The van der Waals surface area contributed by atoms with E-state index in [9.17, 15) is 14.9 Å². The number of hydrogen-bond donors (Lipinski definition) is 3. The minimum atomic E-state index is -0.981. The van der Waals surface area contributed by atoms with Gasteiger partial charge in [0, 0.05) is 31.7 Å². The second-order valence-corrected chi connectivity index (χ2v) is 11.7. The molecule has 10 nitrogen and oxygen atoms in total. The van der Waals surface area contributed by atoms with Crippen LogP contribution in [0.4, 0.5) is 0 Å². The van der Waals surface area contributed by atoms with E-state index in [0.717, 1.165) is 23.1 Å². The minimum absolute atomic E-state index is 0.0656. The number of nitriles is 1. The molecular weight excluding hydrogens is 528 g/mol. The maximum Gasteiger partial charge on any atom is 0.253 e. The molecule has 1 aromatic carbocycles. The second-order valence-electron chi connectivity index (χ2n) is 11.7. The van der Waals surface area contributed by atoms with E-state index in [4.69, 9.17) is 11.3 Å². The average Bonchev–Trinajstić information content (AvgIpc) is 3.47. The zero-order chi connectivity index (χ0) is 30.6. The number of benzene rings is 1. The molecule has 4 N–H and O–H groups in total. The first-order valence-corrected chi connectivity index (χ1v) is 14.6. The van der Waals surface area contributed by atoms with Gasteiger partial charge in [-0.15, -0.1) is 5.10 Å². The molecule has 4 rings (SSSR count). The van der Waals surface area contributed by atoms with Gasteiger partial charge in [0.2, 0.25) is 5.91 Å². The third-order valence-electron chi connectivity index (χ3n) is 9.18. The van der Waals surface area contributed by atoms with Gasteiger partial charge in [0.25, 0.3) is 5.91 Å². The number of allylic oxidation sites excluding steroid dienone is 4. The lowest BCUT2D eigenvalue weighted by Crippen LogP contribution is -2.50. The van der Waals surface area contributed by atoms with Gasteiger partial charge in [0.1, 0.15) is 11.9 Å². The normalized spacial score (nSPS) is 27.3. The maximum absolute atomic E-state index is 13.4. The highest BCUT2D eigenvalue weighted by Crippen LogP contribution is 2.53. The number of amides is 2. The number of aryl methyl sites for hydroxylation is 1. The highest BCUT2D eigenvalue weighted by atomic mass is 16.2. The van der Waals surface area contributed by atoms with Crippen molar-refractivity contribution in [1.82, 2.24) is 15.1 Å². The van der Waals surface area contributed by atoms with Crippen LogP contribution in [0.2, 0.25) is 0 Å². The van der Waals surface area contributed by atoms with Crippen molar-refractivity contribution in [1.29, 1.82) is 10.8 Å². The number of amidine groups is 1. The lowest BCUT2D eigenvalue weighted by Gasteiger charge is -2.38. The van der Waals surface area contributed by atoms with E-state index in [1.54, 1.807) is 30.0 Å². The van der Waals surface area contributed by atoms with Crippen molar-refractivity contribution in [2.45, 2.75) is 69.5 Å². The van der Waals surface area contributed by atoms with Gasteiger partial charge in [-0.1, -0.05) is 56.0 Å². The quantitative estimate of drug-likeness (QED) is 0.120. The molecule has 10 heteroatoms. The Kier molecular flexibility index (Phi) is 9.42. The molecule has 2 amide bonds. The molecule has 42 heavy (non-hydrogen) atoms. The zero-order valence-corrected chi connectivity index (χ0v) is 25.0. The summed E-state index contributed by atoms with van der Waals surface area (Å²) in [6.07, 6.45) is 10.9. The van der Waals surface area contributed by atoms with E-state index < -0.39 is 5.41 Å². The smallest absolute Gasteiger partial charge is 0.253 e. The number of carbonyl (C=O) groups is 2. The number of rotatable bonds is 11. The van der Waals surface area contributed by atoms with Crippen LogP contribution in [0.1, 0.15) is 61.0 Å². The van der Waals surface area contributed by atoms with Crippen LogP contribution in [-0.2, 0) is 16.6 Å². The van der Waals surface area contributed by atoms with Crippen molar-refractivity contribution in [2.75, 3.05) is 20.6 Å². The SMILES string of the molecule is C=C/C=C\C1=CCCc2cc(C(=O)N(C)C)ccc2C1(C[C@@H](CC)NCC(=O)N1C(C#N)CC2C(C)C21)C(N)=NN=N. The van der Waals surface area contributed by atoms with E-state index in [-0.39, 0.29) is 42.3 Å². The monoisotopic (exact) mass is 570 g/mol. The van der Waals surface area contributed by atoms with E-state index in [2.05, 4.69) is 41.3 Å². The van der Waals surface area contributed by atoms with E-state index in [1.807, 2.05) is 37.3 Å². The lowest BCUT2D eigenvalue weighted by molar-refractivity contribution is -0.131. The molecule has 1 saturated carbocycles. The fourth-order valence-electron chi connectivity index (χ4n) is 6.88. The first-order chi connectivity index (χ1) is 20.1. The van der Waals surface area contributed by atoms with Gasteiger partial charge >= 0.3 is 0 Å². The highest BCUT2D eigenvalue weighted by molar-refractivity contribution is 5.98. The van der Waals surface area contributed by atoms with Gasteiger partial charge in [-0.2, -0.15) is 10.8 Å². The molecule has 0 aromatic heterocycles. The number of hydrogen-bond acceptors (Lipinski definition) is 6. The van der Waals surface area contributed by atoms with Crippen LogP contribution in [0.3, 0.4) is 0 Å². The van der Waals surface area contributed by atoms with Crippen LogP contribution >= 0.6 is 0 Å². The largest absolute Gasteiger partial charge is 0.385 e. The Morgan fingerprint density at radius 3 is 2.81 bits per heavy atom. The predicted octanol–water partition coefficient (Wildman–Crippen LogP) is 4.06. The van der Waals surface area contributed by atoms with Gasteiger partial charge in [-0.05, 0) is 72.8 Å². The van der Waals surface area contributed by atoms with Crippen molar-refractivity contribution >= 4 is 17.6 Å². The standard InChI is InChI=1S/C32H42N8O2/c1-6-8-11-23-12-9-10-21-15-22(30(42)39(4)5)13-14-27(21)32(23,31(34)37-38-35)17-24(7-2)36-19-28(41)40-25(18-33)16-26-20(3)29(26)40/h6,8,11-15,20,24-26,29,36H,1,7,9-10,16-17,19H2,2-5H3,(H3,34,35,37)/b11-8-/t20?,24-,25?,26?,29?,32?/m1/s1. The molecule has 222 valence electrons. The van der Waals surface area contributed by atoms with Crippen molar-refractivity contribution in [3.8, 4) is 6.07 Å². The van der Waals surface area contributed by atoms with Crippen LogP contribution in [-0.4, -0.2) is 66.2 Å². The van der Waals surface area contributed by atoms with Crippen molar-refractivity contribution in [3.63, 3.8) is 0 Å². The third-order valence-corrected chi connectivity index (χ3v) is 9.18. The third kappa shape index (κ3) is 5.66.